The van der Waals surface area contributed by atoms with Crippen molar-refractivity contribution in [2.45, 2.75) is 19.3 Å². The Kier molecular flexibility index (Phi) is 5.21. The number of amides is 2. The van der Waals surface area contributed by atoms with Gasteiger partial charge in [-0.3, -0.25) is 14.9 Å². The summed E-state index contributed by atoms with van der Waals surface area (Å²) in [5, 5.41) is 14.5. The summed E-state index contributed by atoms with van der Waals surface area (Å²) in [4.78, 5) is 48.9. The Morgan fingerprint density at radius 1 is 1.14 bits per heavy atom. The second kappa shape index (κ2) is 7.95. The van der Waals surface area contributed by atoms with E-state index in [1.807, 2.05) is 4.90 Å². The fourth-order valence-corrected chi connectivity index (χ4v) is 3.81. The van der Waals surface area contributed by atoms with Crippen LogP contribution in [0, 0.1) is 0 Å². The molecule has 1 saturated heterocycles. The number of cyclic esters (lactones) is 2. The van der Waals surface area contributed by atoms with Crippen LogP contribution in [0.5, 0.6) is 0 Å². The van der Waals surface area contributed by atoms with Gasteiger partial charge in [0, 0.05) is 31.6 Å². The van der Waals surface area contributed by atoms with Crippen molar-refractivity contribution in [1.82, 2.24) is 15.1 Å². The predicted molar refractivity (Wildman–Crippen MR) is 103 cm³/mol. The first-order chi connectivity index (χ1) is 14.0. The topological polar surface area (TPSA) is 131 Å². The van der Waals surface area contributed by atoms with Gasteiger partial charge >= 0.3 is 11.9 Å². The maximum Gasteiger partial charge on any atom is 0.346 e. The molecule has 1 aromatic heterocycles. The van der Waals surface area contributed by atoms with Crippen LogP contribution in [0.25, 0.3) is 0 Å². The first kappa shape index (κ1) is 19.0. The van der Waals surface area contributed by atoms with Crippen molar-refractivity contribution in [3.8, 4) is 0 Å². The minimum Gasteiger partial charge on any atom is -0.386 e. The van der Waals surface area contributed by atoms with Crippen LogP contribution >= 0.6 is 11.3 Å². The molecule has 0 aliphatic carbocycles. The van der Waals surface area contributed by atoms with Gasteiger partial charge in [0.2, 0.25) is 16.2 Å². The molecule has 2 aliphatic heterocycles. The first-order valence-electron chi connectivity index (χ1n) is 9.08. The SMILES string of the molecule is O=C(Nc1nnc(NCCCN2CCCC2=O)s1)c1ccc2c(c1)C(=O)OC2=O. The lowest BCUT2D eigenvalue weighted by molar-refractivity contribution is -0.127. The van der Waals surface area contributed by atoms with Gasteiger partial charge in [0.05, 0.1) is 11.1 Å². The van der Waals surface area contributed by atoms with Crippen LogP contribution in [0.4, 0.5) is 10.3 Å². The number of aromatic nitrogens is 2. The fraction of sp³-hybridized carbons (Fsp3) is 0.333. The Morgan fingerprint density at radius 3 is 2.72 bits per heavy atom. The van der Waals surface area contributed by atoms with Gasteiger partial charge in [0.1, 0.15) is 0 Å². The van der Waals surface area contributed by atoms with E-state index >= 15 is 0 Å². The smallest absolute Gasteiger partial charge is 0.346 e. The summed E-state index contributed by atoms with van der Waals surface area (Å²) in [6.45, 7) is 2.16. The summed E-state index contributed by atoms with van der Waals surface area (Å²) in [5.74, 6) is -1.76. The predicted octanol–water partition coefficient (Wildman–Crippen LogP) is 1.53. The number of anilines is 2. The number of benzene rings is 1. The highest BCUT2D eigenvalue weighted by molar-refractivity contribution is 7.19. The molecular formula is C18H17N5O5S. The molecule has 2 aromatic rings. The second-order valence-electron chi connectivity index (χ2n) is 6.57. The molecule has 0 unspecified atom stereocenters. The van der Waals surface area contributed by atoms with Crippen molar-refractivity contribution >= 4 is 45.4 Å². The highest BCUT2D eigenvalue weighted by Crippen LogP contribution is 2.23. The molecule has 2 amide bonds. The number of likely N-dealkylation sites (tertiary alicyclic amines) is 1. The number of nitrogens with one attached hydrogen (secondary N) is 2. The van der Waals surface area contributed by atoms with Crippen molar-refractivity contribution in [2.75, 3.05) is 30.3 Å². The Balaban J connectivity index is 1.29. The van der Waals surface area contributed by atoms with E-state index in [2.05, 4.69) is 25.6 Å². The Bertz CT molecular complexity index is 1000. The standard InChI is InChI=1S/C18H17N5O5S/c24-13-3-1-7-23(13)8-2-6-19-17-21-22-18(29-17)20-14(25)10-4-5-11-12(9-10)16(27)28-15(11)26/h4-5,9H,1-3,6-8H2,(H,19,21)(H,20,22,25). The highest BCUT2D eigenvalue weighted by atomic mass is 32.1. The van der Waals surface area contributed by atoms with E-state index in [1.165, 1.54) is 29.5 Å². The zero-order valence-electron chi connectivity index (χ0n) is 15.3. The van der Waals surface area contributed by atoms with Gasteiger partial charge < -0.3 is 15.0 Å². The number of fused-ring (bicyclic) bond motifs is 1. The van der Waals surface area contributed by atoms with Crippen LogP contribution in [0.2, 0.25) is 0 Å². The lowest BCUT2D eigenvalue weighted by Crippen LogP contribution is -2.26. The molecule has 150 valence electrons. The van der Waals surface area contributed by atoms with Crippen LogP contribution in [0.15, 0.2) is 18.2 Å². The molecule has 3 heterocycles. The van der Waals surface area contributed by atoms with Gasteiger partial charge in [-0.05, 0) is 31.0 Å². The number of esters is 2. The first-order valence-corrected chi connectivity index (χ1v) is 9.90. The molecule has 0 radical (unpaired) electrons. The average Bonchev–Trinajstić information content (AvgIpc) is 3.39. The zero-order valence-corrected chi connectivity index (χ0v) is 16.1. The maximum atomic E-state index is 12.4. The summed E-state index contributed by atoms with van der Waals surface area (Å²) in [6, 6.07) is 4.14. The number of carbonyl (C=O) groups is 4. The van der Waals surface area contributed by atoms with Gasteiger partial charge in [-0.1, -0.05) is 11.3 Å². The monoisotopic (exact) mass is 415 g/mol. The molecule has 0 spiro atoms. The average molecular weight is 415 g/mol. The summed E-state index contributed by atoms with van der Waals surface area (Å²) in [7, 11) is 0. The summed E-state index contributed by atoms with van der Waals surface area (Å²) in [5.41, 5.74) is 0.415. The molecule has 0 bridgehead atoms. The third-order valence-corrected chi connectivity index (χ3v) is 5.40. The lowest BCUT2D eigenvalue weighted by atomic mass is 10.1. The highest BCUT2D eigenvalue weighted by Gasteiger charge is 2.30. The summed E-state index contributed by atoms with van der Waals surface area (Å²) >= 11 is 1.17. The van der Waals surface area contributed by atoms with Crippen molar-refractivity contribution in [3.63, 3.8) is 0 Å². The maximum absolute atomic E-state index is 12.4. The molecule has 2 N–H and O–H groups in total. The quantitative estimate of drug-likeness (QED) is 0.395. The van der Waals surface area contributed by atoms with Gasteiger partial charge in [-0.25, -0.2) is 9.59 Å². The fourth-order valence-electron chi connectivity index (χ4n) is 3.15. The molecule has 11 heteroatoms. The molecule has 2 aliphatic rings. The van der Waals surface area contributed by atoms with Crippen molar-refractivity contribution < 1.29 is 23.9 Å². The van der Waals surface area contributed by atoms with E-state index in [1.54, 1.807) is 0 Å². The third kappa shape index (κ3) is 4.09. The van der Waals surface area contributed by atoms with Crippen LogP contribution in [-0.2, 0) is 9.53 Å². The number of ether oxygens (including phenoxy) is 1. The van der Waals surface area contributed by atoms with E-state index < -0.39 is 17.8 Å². The number of carbonyl (C=O) groups excluding carboxylic acids is 4. The molecule has 29 heavy (non-hydrogen) atoms. The Morgan fingerprint density at radius 2 is 1.93 bits per heavy atom. The Labute approximate surface area is 169 Å². The number of nitrogens with zero attached hydrogens (tertiary/aromatic N) is 3. The third-order valence-electron chi connectivity index (χ3n) is 4.60. The van der Waals surface area contributed by atoms with Crippen LogP contribution in [0.3, 0.4) is 0 Å². The lowest BCUT2D eigenvalue weighted by Gasteiger charge is -2.14. The summed E-state index contributed by atoms with van der Waals surface area (Å²) < 4.78 is 4.51. The normalized spacial score (nSPS) is 15.4. The molecule has 1 aromatic carbocycles. The zero-order chi connectivity index (χ0) is 20.4. The van der Waals surface area contributed by atoms with Gasteiger partial charge in [-0.2, -0.15) is 0 Å². The molecule has 0 saturated carbocycles. The van der Waals surface area contributed by atoms with E-state index in [0.717, 1.165) is 19.4 Å². The molecule has 4 rings (SSSR count). The van der Waals surface area contributed by atoms with Crippen molar-refractivity contribution in [3.05, 3.63) is 34.9 Å². The number of rotatable bonds is 7. The number of hydrogen-bond donors (Lipinski definition) is 2. The van der Waals surface area contributed by atoms with Crippen molar-refractivity contribution in [2.24, 2.45) is 0 Å². The van der Waals surface area contributed by atoms with Crippen molar-refractivity contribution in [1.29, 1.82) is 0 Å². The number of hydrogen-bond acceptors (Lipinski definition) is 9. The minimum atomic E-state index is -0.766. The summed E-state index contributed by atoms with van der Waals surface area (Å²) in [6.07, 6.45) is 2.35. The van der Waals surface area contributed by atoms with Crippen LogP contribution in [-0.4, -0.2) is 58.5 Å². The molecule has 10 nitrogen and oxygen atoms in total. The Hall–Kier alpha value is -3.34. The molecular weight excluding hydrogens is 398 g/mol. The van der Waals surface area contributed by atoms with Gasteiger partial charge in [-0.15, -0.1) is 10.2 Å². The van der Waals surface area contributed by atoms with Gasteiger partial charge in [0.15, 0.2) is 0 Å². The van der Waals surface area contributed by atoms with Crippen LogP contribution in [0.1, 0.15) is 50.3 Å². The van der Waals surface area contributed by atoms with E-state index in [4.69, 9.17) is 0 Å². The van der Waals surface area contributed by atoms with E-state index in [0.29, 0.717) is 29.8 Å². The minimum absolute atomic E-state index is 0.0683. The molecule has 1 fully saturated rings. The van der Waals surface area contributed by atoms with Gasteiger partial charge in [0.25, 0.3) is 5.91 Å². The molecule has 0 atom stereocenters. The van der Waals surface area contributed by atoms with Crippen LogP contribution < -0.4 is 10.6 Å². The van der Waals surface area contributed by atoms with E-state index in [9.17, 15) is 19.2 Å². The second-order valence-corrected chi connectivity index (χ2v) is 7.55. The van der Waals surface area contributed by atoms with E-state index in [-0.39, 0.29) is 22.6 Å². The largest absolute Gasteiger partial charge is 0.386 e.